The molecule has 0 radical (unpaired) electrons. The van der Waals surface area contributed by atoms with Crippen molar-refractivity contribution in [2.75, 3.05) is 13.7 Å². The summed E-state index contributed by atoms with van der Waals surface area (Å²) in [6.07, 6.45) is 6.58. The highest BCUT2D eigenvalue weighted by molar-refractivity contribution is 7.90. The fourth-order valence-corrected chi connectivity index (χ4v) is 10.1. The monoisotopic (exact) mass is 765 g/mol. The summed E-state index contributed by atoms with van der Waals surface area (Å²) in [6, 6.07) is 6.73. The van der Waals surface area contributed by atoms with E-state index in [2.05, 4.69) is 4.72 Å². The molecule has 7 atom stereocenters. The molecule has 54 heavy (non-hydrogen) atoms. The Hall–Kier alpha value is -3.74. The lowest BCUT2D eigenvalue weighted by Gasteiger charge is -2.34. The van der Waals surface area contributed by atoms with E-state index in [1.54, 1.807) is 12.0 Å². The molecule has 13 heteroatoms. The third-order valence-electron chi connectivity index (χ3n) is 12.5. The average molecular weight is 766 g/mol. The van der Waals surface area contributed by atoms with Crippen LogP contribution < -0.4 is 14.2 Å². The molecular weight excluding hydrogens is 711 g/mol. The zero-order valence-corrected chi connectivity index (χ0v) is 33.0. The Labute approximate surface area is 318 Å². The van der Waals surface area contributed by atoms with E-state index in [9.17, 15) is 27.6 Å². The van der Waals surface area contributed by atoms with Gasteiger partial charge in [0.05, 0.1) is 53.9 Å². The average Bonchev–Trinajstić information content (AvgIpc) is 4.04. The van der Waals surface area contributed by atoms with Crippen LogP contribution >= 0.6 is 0 Å². The number of ketones is 1. The number of aromatic nitrogens is 1. The third kappa shape index (κ3) is 8.11. The molecule has 3 aliphatic carbocycles. The maximum atomic E-state index is 14.7. The van der Waals surface area contributed by atoms with Crippen LogP contribution in [0.2, 0.25) is 0 Å². The van der Waals surface area contributed by atoms with Crippen molar-refractivity contribution in [2.24, 2.45) is 28.6 Å². The Morgan fingerprint density at radius 3 is 2.52 bits per heavy atom. The Kier molecular flexibility index (Phi) is 10.5. The molecule has 2 bridgehead atoms. The SMILES string of the molecule is CC[C@@H]1C[C@]1(CC(=O)[C@@H]1C[C@@H]2CN1C(=O)[C@H](C(C)(C)C)CC(=O)O[C@@H]1C[C@H]1CCCCCc1nc3ccc(OC)cc3cc1O2)C(=O)NS(=O)(=O)C1CC1. The van der Waals surface area contributed by atoms with Gasteiger partial charge in [0.2, 0.25) is 21.8 Å². The molecule has 1 aromatic heterocycles. The highest BCUT2D eigenvalue weighted by atomic mass is 32.2. The number of Topliss-reactive ketones (excluding diaryl/α,β-unsaturated/α-hetero) is 1. The molecule has 4 fully saturated rings. The van der Waals surface area contributed by atoms with Crippen LogP contribution in [0.4, 0.5) is 0 Å². The van der Waals surface area contributed by atoms with Crippen molar-refractivity contribution in [3.63, 3.8) is 0 Å². The Morgan fingerprint density at radius 1 is 1.06 bits per heavy atom. The van der Waals surface area contributed by atoms with Crippen LogP contribution in [-0.2, 0) is 40.4 Å². The number of sulfonamides is 1. The number of aryl methyl sites for hydroxylation is 1. The minimum atomic E-state index is -3.81. The van der Waals surface area contributed by atoms with E-state index in [1.165, 1.54) is 0 Å². The van der Waals surface area contributed by atoms with Gasteiger partial charge in [-0.1, -0.05) is 47.0 Å². The molecule has 1 aromatic carbocycles. The highest BCUT2D eigenvalue weighted by Crippen LogP contribution is 2.58. The van der Waals surface area contributed by atoms with Gasteiger partial charge in [-0.25, -0.2) is 13.4 Å². The molecule has 12 nitrogen and oxygen atoms in total. The van der Waals surface area contributed by atoms with Gasteiger partial charge >= 0.3 is 5.97 Å². The van der Waals surface area contributed by atoms with Gasteiger partial charge < -0.3 is 19.1 Å². The first-order valence-electron chi connectivity index (χ1n) is 19.8. The standard InChI is InChI=1S/C41H55N3O9S/c1-6-26-21-41(26,39(48)43-54(49,50)29-13-14-29)22-34(45)33-19-28-23-44(33)38(47)30(40(2,3)4)20-37(46)53-35-17-24(35)10-8-7-9-11-32-36(52-28)18-25-16-27(51-5)12-15-31(25)42-32/h12,15-16,18,24,26,28-30,33,35H,6-11,13-14,17,19-23H2,1-5H3,(H,43,48)/t24-,26-,28-,30-,33+,35-,41-/m1/s1. The lowest BCUT2D eigenvalue weighted by molar-refractivity contribution is -0.154. The second-order valence-electron chi connectivity index (χ2n) is 17.5. The van der Waals surface area contributed by atoms with Crippen LogP contribution in [0.3, 0.4) is 0 Å². The molecule has 2 amide bonds. The van der Waals surface area contributed by atoms with Crippen molar-refractivity contribution in [2.45, 2.75) is 135 Å². The topological polar surface area (TPSA) is 158 Å². The number of pyridine rings is 1. The number of nitrogens with one attached hydrogen (secondary N) is 1. The van der Waals surface area contributed by atoms with Crippen LogP contribution in [-0.4, -0.2) is 79.0 Å². The number of fused-ring (bicyclic) bond motifs is 5. The van der Waals surface area contributed by atoms with Gasteiger partial charge in [-0.3, -0.25) is 23.9 Å². The lowest BCUT2D eigenvalue weighted by Crippen LogP contribution is -2.48. The molecule has 2 aliphatic heterocycles. The molecule has 3 heterocycles. The van der Waals surface area contributed by atoms with Gasteiger partial charge in [-0.15, -0.1) is 0 Å². The molecule has 294 valence electrons. The molecule has 7 rings (SSSR count). The van der Waals surface area contributed by atoms with Gasteiger partial charge in [0.1, 0.15) is 23.7 Å². The van der Waals surface area contributed by atoms with E-state index in [1.807, 2.05) is 52.0 Å². The first-order chi connectivity index (χ1) is 25.6. The highest BCUT2D eigenvalue weighted by Gasteiger charge is 2.62. The smallest absolute Gasteiger partial charge is 0.306 e. The number of carbonyl (C=O) groups excluding carboxylic acids is 4. The first-order valence-corrected chi connectivity index (χ1v) is 21.4. The maximum Gasteiger partial charge on any atom is 0.306 e. The van der Waals surface area contributed by atoms with Gasteiger partial charge in [0.25, 0.3) is 0 Å². The number of carbonyl (C=O) groups is 4. The van der Waals surface area contributed by atoms with Crippen LogP contribution in [0.1, 0.15) is 110 Å². The Balaban J connectivity index is 1.21. The predicted octanol–water partition coefficient (Wildman–Crippen LogP) is 5.68. The Morgan fingerprint density at radius 2 is 1.83 bits per heavy atom. The molecule has 0 unspecified atom stereocenters. The quantitative estimate of drug-likeness (QED) is 0.332. The summed E-state index contributed by atoms with van der Waals surface area (Å²) in [5.41, 5.74) is -0.169. The van der Waals surface area contributed by atoms with Gasteiger partial charge in [-0.05, 0) is 86.5 Å². The molecule has 3 saturated carbocycles. The predicted molar refractivity (Wildman–Crippen MR) is 201 cm³/mol. The van der Waals surface area contributed by atoms with Crippen LogP contribution in [0.15, 0.2) is 24.3 Å². The number of nitrogens with zero attached hydrogens (tertiary/aromatic N) is 2. The van der Waals surface area contributed by atoms with E-state index in [4.69, 9.17) is 19.2 Å². The summed E-state index contributed by atoms with van der Waals surface area (Å²) in [6.45, 7) is 7.76. The van der Waals surface area contributed by atoms with Crippen molar-refractivity contribution in [3.8, 4) is 11.5 Å². The maximum absolute atomic E-state index is 14.7. The lowest BCUT2D eigenvalue weighted by atomic mass is 9.77. The van der Waals surface area contributed by atoms with Crippen molar-refractivity contribution in [3.05, 3.63) is 30.0 Å². The second-order valence-corrected chi connectivity index (χ2v) is 19.5. The first kappa shape index (κ1) is 38.5. The van der Waals surface area contributed by atoms with Crippen molar-refractivity contribution in [1.82, 2.24) is 14.6 Å². The summed E-state index contributed by atoms with van der Waals surface area (Å²) >= 11 is 0. The second kappa shape index (κ2) is 14.7. The summed E-state index contributed by atoms with van der Waals surface area (Å²) in [5, 5.41) is 0.267. The van der Waals surface area contributed by atoms with E-state index >= 15 is 0 Å². The summed E-state index contributed by atoms with van der Waals surface area (Å²) in [5.74, 6) is -1.01. The van der Waals surface area contributed by atoms with Crippen molar-refractivity contribution >= 4 is 44.5 Å². The largest absolute Gasteiger partial charge is 0.497 e. The van der Waals surface area contributed by atoms with E-state index in [0.717, 1.165) is 48.7 Å². The summed E-state index contributed by atoms with van der Waals surface area (Å²) in [7, 11) is -2.20. The number of hydrogen-bond donors (Lipinski definition) is 1. The number of hydrogen-bond acceptors (Lipinski definition) is 10. The van der Waals surface area contributed by atoms with E-state index in [0.29, 0.717) is 49.5 Å². The van der Waals surface area contributed by atoms with Crippen LogP contribution in [0.5, 0.6) is 11.5 Å². The summed E-state index contributed by atoms with van der Waals surface area (Å²) in [4.78, 5) is 62.8. The number of amides is 2. The van der Waals surface area contributed by atoms with E-state index in [-0.39, 0.29) is 49.5 Å². The van der Waals surface area contributed by atoms with Crippen LogP contribution in [0.25, 0.3) is 10.9 Å². The number of methoxy groups -OCH3 is 1. The molecule has 5 aliphatic rings. The number of esters is 1. The summed E-state index contributed by atoms with van der Waals surface area (Å²) < 4.78 is 46.0. The van der Waals surface area contributed by atoms with Gasteiger partial charge in [-0.2, -0.15) is 0 Å². The van der Waals surface area contributed by atoms with E-state index < -0.39 is 56.0 Å². The Bertz CT molecular complexity index is 1920. The molecule has 0 spiro atoms. The van der Waals surface area contributed by atoms with Gasteiger partial charge in [0.15, 0.2) is 5.78 Å². The third-order valence-corrected chi connectivity index (χ3v) is 14.3. The molecular formula is C41H55N3O9S. The van der Waals surface area contributed by atoms with Gasteiger partial charge in [0, 0.05) is 18.2 Å². The fraction of sp³-hybridized carbons (Fsp3) is 0.683. The zero-order valence-electron chi connectivity index (χ0n) is 32.2. The van der Waals surface area contributed by atoms with Crippen LogP contribution in [0, 0.1) is 28.6 Å². The minimum Gasteiger partial charge on any atom is -0.497 e. The number of benzene rings is 1. The molecule has 2 aromatic rings. The van der Waals surface area contributed by atoms with Crippen molar-refractivity contribution in [1.29, 1.82) is 0 Å². The normalized spacial score (nSPS) is 30.6. The minimum absolute atomic E-state index is 0.101. The molecule has 1 N–H and O–H groups in total. The number of rotatable bonds is 8. The fourth-order valence-electron chi connectivity index (χ4n) is 8.70. The number of ether oxygens (including phenoxy) is 3. The zero-order chi connectivity index (χ0) is 38.6. The van der Waals surface area contributed by atoms with Crippen molar-refractivity contribution < 1.29 is 41.8 Å². The molecule has 1 saturated heterocycles.